The standard InChI is InChI=1S/C24H22FNO4/c1-26(15-18-8-11-22-23(14-18)29-13-12-28-22)24(27)20-4-2-3-5-21(20)30-16-17-6-9-19(25)10-7-17/h2-11,14H,12-13,15-16H2,1H3. The molecule has 0 spiro atoms. The van der Waals surface area contributed by atoms with Crippen molar-refractivity contribution in [2.75, 3.05) is 20.3 Å². The van der Waals surface area contributed by atoms with E-state index in [2.05, 4.69) is 0 Å². The number of ether oxygens (including phenoxy) is 3. The van der Waals surface area contributed by atoms with Crippen molar-refractivity contribution in [3.8, 4) is 17.2 Å². The third-order valence-corrected chi connectivity index (χ3v) is 4.80. The van der Waals surface area contributed by atoms with E-state index in [-0.39, 0.29) is 18.3 Å². The summed E-state index contributed by atoms with van der Waals surface area (Å²) in [4.78, 5) is 14.7. The molecule has 154 valence electrons. The maximum atomic E-state index is 13.1. The minimum Gasteiger partial charge on any atom is -0.488 e. The zero-order valence-electron chi connectivity index (χ0n) is 16.6. The Hall–Kier alpha value is -3.54. The Morgan fingerprint density at radius 3 is 2.47 bits per heavy atom. The smallest absolute Gasteiger partial charge is 0.257 e. The van der Waals surface area contributed by atoms with Gasteiger partial charge in [0.1, 0.15) is 31.4 Å². The van der Waals surface area contributed by atoms with Crippen molar-refractivity contribution in [1.82, 2.24) is 4.90 Å². The molecule has 0 saturated heterocycles. The maximum absolute atomic E-state index is 13.1. The van der Waals surface area contributed by atoms with E-state index in [1.807, 2.05) is 24.3 Å². The lowest BCUT2D eigenvalue weighted by Crippen LogP contribution is -2.27. The Bertz CT molecular complexity index is 1040. The van der Waals surface area contributed by atoms with E-state index < -0.39 is 0 Å². The molecule has 0 fully saturated rings. The summed E-state index contributed by atoms with van der Waals surface area (Å²) in [6.07, 6.45) is 0. The predicted molar refractivity (Wildman–Crippen MR) is 110 cm³/mol. The van der Waals surface area contributed by atoms with Gasteiger partial charge in [0.2, 0.25) is 0 Å². The maximum Gasteiger partial charge on any atom is 0.257 e. The summed E-state index contributed by atoms with van der Waals surface area (Å²) in [5.74, 6) is 1.46. The molecule has 3 aromatic carbocycles. The number of benzene rings is 3. The number of nitrogens with zero attached hydrogens (tertiary/aromatic N) is 1. The molecular formula is C24H22FNO4. The number of fused-ring (bicyclic) bond motifs is 1. The Balaban J connectivity index is 1.45. The molecule has 6 heteroatoms. The number of carbonyl (C=O) groups is 1. The number of halogens is 1. The van der Waals surface area contributed by atoms with E-state index in [4.69, 9.17) is 14.2 Å². The largest absolute Gasteiger partial charge is 0.488 e. The average Bonchev–Trinajstić information content (AvgIpc) is 2.78. The zero-order chi connectivity index (χ0) is 20.9. The summed E-state index contributed by atoms with van der Waals surface area (Å²) in [6.45, 7) is 1.72. The lowest BCUT2D eigenvalue weighted by molar-refractivity contribution is 0.0780. The number of para-hydroxylation sites is 1. The fourth-order valence-corrected chi connectivity index (χ4v) is 3.25. The van der Waals surface area contributed by atoms with Crippen LogP contribution in [0.1, 0.15) is 21.5 Å². The molecule has 4 rings (SSSR count). The molecule has 0 bridgehead atoms. The number of amides is 1. The minimum atomic E-state index is -0.296. The highest BCUT2D eigenvalue weighted by Crippen LogP contribution is 2.31. The monoisotopic (exact) mass is 407 g/mol. The first-order valence-electron chi connectivity index (χ1n) is 9.70. The SMILES string of the molecule is CN(Cc1ccc2c(c1)OCCO2)C(=O)c1ccccc1OCc1ccc(F)cc1. The molecule has 1 heterocycles. The van der Waals surface area contributed by atoms with Crippen molar-refractivity contribution in [2.45, 2.75) is 13.2 Å². The number of hydrogen-bond donors (Lipinski definition) is 0. The van der Waals surface area contributed by atoms with Gasteiger partial charge in [0.25, 0.3) is 5.91 Å². The van der Waals surface area contributed by atoms with E-state index in [0.717, 1.165) is 16.9 Å². The predicted octanol–water partition coefficient (Wildman–Crippen LogP) is 4.45. The lowest BCUT2D eigenvalue weighted by atomic mass is 10.1. The molecule has 3 aromatic rings. The second kappa shape index (κ2) is 8.86. The first-order valence-corrected chi connectivity index (χ1v) is 9.70. The fourth-order valence-electron chi connectivity index (χ4n) is 3.25. The van der Waals surface area contributed by atoms with Crippen LogP contribution in [0.2, 0.25) is 0 Å². The van der Waals surface area contributed by atoms with Crippen LogP contribution in [-0.2, 0) is 13.2 Å². The molecule has 0 atom stereocenters. The van der Waals surface area contributed by atoms with Gasteiger partial charge in [-0.2, -0.15) is 0 Å². The molecule has 30 heavy (non-hydrogen) atoms. The third-order valence-electron chi connectivity index (χ3n) is 4.80. The van der Waals surface area contributed by atoms with Gasteiger partial charge >= 0.3 is 0 Å². The second-order valence-electron chi connectivity index (χ2n) is 7.05. The molecule has 0 aliphatic carbocycles. The van der Waals surface area contributed by atoms with Gasteiger partial charge in [0, 0.05) is 13.6 Å². The van der Waals surface area contributed by atoms with Gasteiger partial charge in [-0.3, -0.25) is 4.79 Å². The van der Waals surface area contributed by atoms with E-state index in [1.165, 1.54) is 12.1 Å². The Kier molecular flexibility index (Phi) is 5.84. The van der Waals surface area contributed by atoms with Gasteiger partial charge in [-0.05, 0) is 47.5 Å². The average molecular weight is 407 g/mol. The van der Waals surface area contributed by atoms with E-state index in [9.17, 15) is 9.18 Å². The molecule has 1 amide bonds. The normalized spacial score (nSPS) is 12.3. The first kappa shape index (κ1) is 19.8. The van der Waals surface area contributed by atoms with Gasteiger partial charge in [-0.25, -0.2) is 4.39 Å². The van der Waals surface area contributed by atoms with Crippen LogP contribution in [0.4, 0.5) is 4.39 Å². The van der Waals surface area contributed by atoms with Gasteiger partial charge < -0.3 is 19.1 Å². The Morgan fingerprint density at radius 1 is 0.967 bits per heavy atom. The van der Waals surface area contributed by atoms with Crippen molar-refractivity contribution < 1.29 is 23.4 Å². The molecule has 0 saturated carbocycles. The lowest BCUT2D eigenvalue weighted by Gasteiger charge is -2.22. The number of rotatable bonds is 6. The van der Waals surface area contributed by atoms with Crippen molar-refractivity contribution >= 4 is 5.91 Å². The topological polar surface area (TPSA) is 48.0 Å². The summed E-state index contributed by atoms with van der Waals surface area (Å²) in [5.41, 5.74) is 2.24. The van der Waals surface area contributed by atoms with Crippen LogP contribution in [-0.4, -0.2) is 31.1 Å². The van der Waals surface area contributed by atoms with Crippen molar-refractivity contribution in [2.24, 2.45) is 0 Å². The summed E-state index contributed by atoms with van der Waals surface area (Å²) < 4.78 is 30.1. The molecule has 0 aromatic heterocycles. The van der Waals surface area contributed by atoms with Crippen molar-refractivity contribution in [3.63, 3.8) is 0 Å². The number of carbonyl (C=O) groups excluding carboxylic acids is 1. The van der Waals surface area contributed by atoms with Crippen LogP contribution in [0.3, 0.4) is 0 Å². The quantitative estimate of drug-likeness (QED) is 0.606. The van der Waals surface area contributed by atoms with E-state index in [1.54, 1.807) is 42.3 Å². The third kappa shape index (κ3) is 4.54. The molecule has 0 radical (unpaired) electrons. The number of hydrogen-bond acceptors (Lipinski definition) is 4. The van der Waals surface area contributed by atoms with Gasteiger partial charge in [0.15, 0.2) is 11.5 Å². The summed E-state index contributed by atoms with van der Waals surface area (Å²) >= 11 is 0. The van der Waals surface area contributed by atoms with Crippen molar-refractivity contribution in [1.29, 1.82) is 0 Å². The van der Waals surface area contributed by atoms with Gasteiger partial charge in [-0.1, -0.05) is 30.3 Å². The van der Waals surface area contributed by atoms with Gasteiger partial charge in [-0.15, -0.1) is 0 Å². The summed E-state index contributed by atoms with van der Waals surface area (Å²) in [5, 5.41) is 0. The fraction of sp³-hybridized carbons (Fsp3) is 0.208. The van der Waals surface area contributed by atoms with Crippen LogP contribution < -0.4 is 14.2 Å². The highest BCUT2D eigenvalue weighted by molar-refractivity contribution is 5.96. The van der Waals surface area contributed by atoms with E-state index in [0.29, 0.717) is 36.8 Å². The summed E-state index contributed by atoms with van der Waals surface area (Å²) in [6, 6.07) is 18.9. The second-order valence-corrected chi connectivity index (χ2v) is 7.05. The highest BCUT2D eigenvalue weighted by Gasteiger charge is 2.18. The van der Waals surface area contributed by atoms with Gasteiger partial charge in [0.05, 0.1) is 5.56 Å². The molecular weight excluding hydrogens is 385 g/mol. The van der Waals surface area contributed by atoms with Crippen LogP contribution in [0.15, 0.2) is 66.7 Å². The molecule has 1 aliphatic heterocycles. The highest BCUT2D eigenvalue weighted by atomic mass is 19.1. The molecule has 0 unspecified atom stereocenters. The molecule has 5 nitrogen and oxygen atoms in total. The Morgan fingerprint density at radius 2 is 1.67 bits per heavy atom. The molecule has 0 N–H and O–H groups in total. The Labute approximate surface area is 174 Å². The summed E-state index contributed by atoms with van der Waals surface area (Å²) in [7, 11) is 1.75. The molecule has 1 aliphatic rings. The van der Waals surface area contributed by atoms with Crippen LogP contribution in [0, 0.1) is 5.82 Å². The van der Waals surface area contributed by atoms with E-state index >= 15 is 0 Å². The minimum absolute atomic E-state index is 0.153. The van der Waals surface area contributed by atoms with Crippen LogP contribution in [0.25, 0.3) is 0 Å². The van der Waals surface area contributed by atoms with Crippen LogP contribution in [0.5, 0.6) is 17.2 Å². The zero-order valence-corrected chi connectivity index (χ0v) is 16.6. The first-order chi connectivity index (χ1) is 14.6. The van der Waals surface area contributed by atoms with Crippen LogP contribution >= 0.6 is 0 Å². The van der Waals surface area contributed by atoms with Crippen molar-refractivity contribution in [3.05, 3.63) is 89.2 Å².